The maximum Gasteiger partial charge on any atom is 0.414 e. The van der Waals surface area contributed by atoms with E-state index in [0.717, 1.165) is 0 Å². The van der Waals surface area contributed by atoms with Gasteiger partial charge >= 0.3 is 12.3 Å². The van der Waals surface area contributed by atoms with Crippen LogP contribution in [0.5, 0.6) is 0 Å². The lowest BCUT2D eigenvalue weighted by Gasteiger charge is -2.13. The number of carbonyl (C=O) groups is 2. The van der Waals surface area contributed by atoms with E-state index >= 15 is 0 Å². The number of carbonyl (C=O) groups excluding carboxylic acids is 2. The first-order valence-electron chi connectivity index (χ1n) is 6.34. The summed E-state index contributed by atoms with van der Waals surface area (Å²) in [6.45, 7) is -1.42. The Morgan fingerprint density at radius 3 is 2.55 bits per heavy atom. The summed E-state index contributed by atoms with van der Waals surface area (Å²) in [6, 6.07) is 6.25. The zero-order chi connectivity index (χ0) is 16.2. The molecule has 6 nitrogen and oxygen atoms in total. The molecule has 0 atom stereocenters. The number of cyclic esters (lactones) is 1. The Morgan fingerprint density at radius 1 is 1.32 bits per heavy atom. The molecule has 0 aliphatic carbocycles. The third kappa shape index (κ3) is 4.62. The molecule has 2 amide bonds. The topological polar surface area (TPSA) is 67.9 Å². The molecule has 0 saturated carbocycles. The van der Waals surface area contributed by atoms with Crippen molar-refractivity contribution >= 4 is 23.4 Å². The molecular weight excluding hydrogens is 305 g/mol. The monoisotopic (exact) mass is 318 g/mol. The van der Waals surface area contributed by atoms with Crippen molar-refractivity contribution in [2.24, 2.45) is 0 Å². The zero-order valence-electron chi connectivity index (χ0n) is 11.4. The number of hydrogen-bond donors (Lipinski definition) is 1. The van der Waals surface area contributed by atoms with Crippen LogP contribution in [-0.2, 0) is 14.3 Å². The lowest BCUT2D eigenvalue weighted by molar-refractivity contribution is -0.174. The largest absolute Gasteiger partial charge is 0.447 e. The van der Waals surface area contributed by atoms with Crippen LogP contribution in [-0.4, -0.2) is 44.5 Å². The van der Waals surface area contributed by atoms with Crippen LogP contribution in [0.3, 0.4) is 0 Å². The van der Waals surface area contributed by atoms with Gasteiger partial charge in [0.05, 0.1) is 6.54 Å². The van der Waals surface area contributed by atoms with Crippen molar-refractivity contribution in [2.45, 2.75) is 6.18 Å². The molecule has 1 fully saturated rings. The van der Waals surface area contributed by atoms with Gasteiger partial charge in [-0.25, -0.2) is 4.79 Å². The number of rotatable bonds is 5. The molecule has 1 aliphatic heterocycles. The number of benzene rings is 1. The molecule has 1 aromatic rings. The molecule has 2 rings (SSSR count). The van der Waals surface area contributed by atoms with Gasteiger partial charge in [0.25, 0.3) is 0 Å². The van der Waals surface area contributed by atoms with Gasteiger partial charge in [-0.1, -0.05) is 0 Å². The Balaban J connectivity index is 1.83. The number of nitrogens with zero attached hydrogens (tertiary/aromatic N) is 1. The predicted octanol–water partition coefficient (Wildman–Crippen LogP) is 2.16. The van der Waals surface area contributed by atoms with Crippen molar-refractivity contribution < 1.29 is 32.2 Å². The highest BCUT2D eigenvalue weighted by molar-refractivity contribution is 5.93. The fraction of sp³-hybridized carbons (Fsp3) is 0.385. The molecule has 9 heteroatoms. The van der Waals surface area contributed by atoms with Crippen molar-refractivity contribution in [2.75, 3.05) is 36.6 Å². The molecule has 0 spiro atoms. The van der Waals surface area contributed by atoms with Crippen LogP contribution in [0.4, 0.5) is 29.3 Å². The molecule has 1 N–H and O–H groups in total. The van der Waals surface area contributed by atoms with E-state index < -0.39 is 31.4 Å². The third-order valence-corrected chi connectivity index (χ3v) is 2.72. The summed E-state index contributed by atoms with van der Waals surface area (Å²) in [4.78, 5) is 24.2. The summed E-state index contributed by atoms with van der Waals surface area (Å²) in [5.74, 6) is -0.697. The van der Waals surface area contributed by atoms with Crippen molar-refractivity contribution in [1.82, 2.24) is 0 Å². The molecule has 120 valence electrons. The highest BCUT2D eigenvalue weighted by atomic mass is 19.4. The van der Waals surface area contributed by atoms with Crippen molar-refractivity contribution in [3.05, 3.63) is 24.3 Å². The number of nitrogens with one attached hydrogen (secondary N) is 1. The summed E-state index contributed by atoms with van der Waals surface area (Å²) >= 11 is 0. The second kappa shape index (κ2) is 6.65. The van der Waals surface area contributed by atoms with Gasteiger partial charge in [0.1, 0.15) is 19.8 Å². The Kier molecular flexibility index (Phi) is 4.86. The van der Waals surface area contributed by atoms with Crippen LogP contribution >= 0.6 is 0 Å². The van der Waals surface area contributed by atoms with E-state index in [0.29, 0.717) is 24.5 Å². The Bertz CT molecular complexity index is 545. The summed E-state index contributed by atoms with van der Waals surface area (Å²) in [5, 5.41) is 2.39. The van der Waals surface area contributed by atoms with Crippen LogP contribution in [0.15, 0.2) is 24.3 Å². The minimum absolute atomic E-state index is 0.313. The van der Waals surface area contributed by atoms with Gasteiger partial charge in [-0.3, -0.25) is 9.69 Å². The maximum atomic E-state index is 11.9. The molecule has 1 heterocycles. The van der Waals surface area contributed by atoms with Crippen LogP contribution in [0, 0.1) is 0 Å². The molecule has 0 unspecified atom stereocenters. The molecular formula is C13H13F3N2O4. The second-order valence-corrected chi connectivity index (χ2v) is 4.47. The van der Waals surface area contributed by atoms with Gasteiger partial charge in [-0.15, -0.1) is 0 Å². The van der Waals surface area contributed by atoms with Gasteiger partial charge in [0, 0.05) is 11.4 Å². The van der Waals surface area contributed by atoms with Gasteiger partial charge in [0.2, 0.25) is 5.91 Å². The fourth-order valence-corrected chi connectivity index (χ4v) is 1.81. The minimum Gasteiger partial charge on any atom is -0.447 e. The van der Waals surface area contributed by atoms with Gasteiger partial charge < -0.3 is 14.8 Å². The smallest absolute Gasteiger partial charge is 0.414 e. The highest BCUT2D eigenvalue weighted by Gasteiger charge is 2.27. The average molecular weight is 318 g/mol. The lowest BCUT2D eigenvalue weighted by Crippen LogP contribution is -2.24. The SMILES string of the molecule is O=C(COCC(F)(F)F)Nc1ccc(N2CCOC2=O)cc1. The molecule has 1 saturated heterocycles. The molecule has 0 bridgehead atoms. The summed E-state index contributed by atoms with van der Waals surface area (Å²) in [6.07, 6.45) is -4.91. The van der Waals surface area contributed by atoms with Crippen LogP contribution in [0.2, 0.25) is 0 Å². The lowest BCUT2D eigenvalue weighted by atomic mass is 10.2. The van der Waals surface area contributed by atoms with E-state index in [2.05, 4.69) is 10.1 Å². The summed E-state index contributed by atoms with van der Waals surface area (Å²) < 4.78 is 44.6. The Hall–Kier alpha value is -2.29. The minimum atomic E-state index is -4.47. The first-order chi connectivity index (χ1) is 10.3. The quantitative estimate of drug-likeness (QED) is 0.903. The van der Waals surface area contributed by atoms with Gasteiger partial charge in [-0.05, 0) is 24.3 Å². The second-order valence-electron chi connectivity index (χ2n) is 4.47. The van der Waals surface area contributed by atoms with Crippen LogP contribution < -0.4 is 10.2 Å². The van der Waals surface area contributed by atoms with Gasteiger partial charge in [-0.2, -0.15) is 13.2 Å². The van der Waals surface area contributed by atoms with E-state index in [4.69, 9.17) is 4.74 Å². The van der Waals surface area contributed by atoms with E-state index in [1.54, 1.807) is 12.1 Å². The molecule has 1 aliphatic rings. The average Bonchev–Trinajstić information content (AvgIpc) is 2.84. The number of alkyl halides is 3. The number of ether oxygens (including phenoxy) is 2. The normalized spacial score (nSPS) is 14.9. The Morgan fingerprint density at radius 2 is 2.00 bits per heavy atom. The standard InChI is InChI=1S/C13H13F3N2O4/c14-13(15,16)8-21-7-11(19)17-9-1-3-10(4-2-9)18-5-6-22-12(18)20/h1-4H,5-8H2,(H,17,19). The number of halogens is 3. The van der Waals surface area contributed by atoms with Crippen LogP contribution in [0.1, 0.15) is 0 Å². The zero-order valence-corrected chi connectivity index (χ0v) is 11.4. The van der Waals surface area contributed by atoms with E-state index in [-0.39, 0.29) is 0 Å². The number of hydrogen-bond acceptors (Lipinski definition) is 4. The van der Waals surface area contributed by atoms with E-state index in [9.17, 15) is 22.8 Å². The molecule has 0 radical (unpaired) electrons. The van der Waals surface area contributed by atoms with Gasteiger partial charge in [0.15, 0.2) is 0 Å². The molecule has 0 aromatic heterocycles. The number of amides is 2. The van der Waals surface area contributed by atoms with Crippen molar-refractivity contribution in [1.29, 1.82) is 0 Å². The summed E-state index contributed by atoms with van der Waals surface area (Å²) in [7, 11) is 0. The third-order valence-electron chi connectivity index (χ3n) is 2.72. The van der Waals surface area contributed by atoms with Crippen molar-refractivity contribution in [3.8, 4) is 0 Å². The molecule has 1 aromatic carbocycles. The van der Waals surface area contributed by atoms with E-state index in [1.165, 1.54) is 17.0 Å². The van der Waals surface area contributed by atoms with Crippen LogP contribution in [0.25, 0.3) is 0 Å². The molecule has 22 heavy (non-hydrogen) atoms. The first kappa shape index (κ1) is 16.1. The number of anilines is 2. The maximum absolute atomic E-state index is 11.9. The predicted molar refractivity (Wildman–Crippen MR) is 70.6 cm³/mol. The Labute approximate surface area is 123 Å². The highest BCUT2D eigenvalue weighted by Crippen LogP contribution is 2.21. The van der Waals surface area contributed by atoms with Crippen molar-refractivity contribution in [3.63, 3.8) is 0 Å². The van der Waals surface area contributed by atoms with E-state index in [1.807, 2.05) is 0 Å². The first-order valence-corrected chi connectivity index (χ1v) is 6.34. The fourth-order valence-electron chi connectivity index (χ4n) is 1.81. The summed E-state index contributed by atoms with van der Waals surface area (Å²) in [5.41, 5.74) is 0.991.